The zero-order valence-corrected chi connectivity index (χ0v) is 13.6. The minimum absolute atomic E-state index is 0.203. The van der Waals surface area contributed by atoms with Gasteiger partial charge in [-0.15, -0.1) is 0 Å². The number of hydrogen-bond donors (Lipinski definition) is 4. The molecule has 1 aliphatic rings. The van der Waals surface area contributed by atoms with Crippen LogP contribution in [-0.4, -0.2) is 45.3 Å². The number of aromatic amines is 2. The van der Waals surface area contributed by atoms with Gasteiger partial charge in [-0.05, 0) is 17.7 Å². The highest BCUT2D eigenvalue weighted by atomic mass is 35.5. The van der Waals surface area contributed by atoms with Crippen LogP contribution in [0.15, 0.2) is 6.07 Å². The summed E-state index contributed by atoms with van der Waals surface area (Å²) in [5.41, 5.74) is 9.62. The highest BCUT2D eigenvalue weighted by molar-refractivity contribution is 6.32. The Morgan fingerprint density at radius 1 is 1.22 bits per heavy atom. The number of hydrogen-bond acceptors (Lipinski definition) is 6. The summed E-state index contributed by atoms with van der Waals surface area (Å²) in [6.45, 7) is 1.54. The van der Waals surface area contributed by atoms with Crippen LogP contribution in [-0.2, 0) is 0 Å². The lowest BCUT2D eigenvalue weighted by atomic mass is 9.98. The fourth-order valence-corrected chi connectivity index (χ4v) is 3.18. The maximum absolute atomic E-state index is 6.18. The van der Waals surface area contributed by atoms with E-state index >= 15 is 0 Å². The summed E-state index contributed by atoms with van der Waals surface area (Å²) in [6.07, 6.45) is 0. The largest absolute Gasteiger partial charge is 0.480 e. The first kappa shape index (κ1) is 14.7. The summed E-state index contributed by atoms with van der Waals surface area (Å²) in [5, 5.41) is 7.46. The van der Waals surface area contributed by atoms with E-state index < -0.39 is 0 Å². The van der Waals surface area contributed by atoms with E-state index in [4.69, 9.17) is 27.9 Å². The molecule has 120 valence electrons. The molecule has 0 bridgehead atoms. The molecule has 1 saturated heterocycles. The number of nitrogens with zero attached hydrogens (tertiary/aromatic N) is 3. The van der Waals surface area contributed by atoms with Crippen molar-refractivity contribution in [2.45, 2.75) is 5.92 Å². The number of hydrazine groups is 1. The molecule has 3 aromatic heterocycles. The Balaban J connectivity index is 1.98. The molecule has 4 heterocycles. The molecule has 0 amide bonds. The zero-order valence-electron chi connectivity index (χ0n) is 12.1. The van der Waals surface area contributed by atoms with Crippen LogP contribution in [0.3, 0.4) is 0 Å². The Kier molecular flexibility index (Phi) is 3.61. The van der Waals surface area contributed by atoms with E-state index in [0.29, 0.717) is 16.7 Å². The average molecular weight is 354 g/mol. The van der Waals surface area contributed by atoms with E-state index in [9.17, 15) is 0 Å². The normalized spacial score (nSPS) is 15.6. The number of H-pyrrole nitrogens is 2. The van der Waals surface area contributed by atoms with Crippen molar-refractivity contribution in [3.63, 3.8) is 0 Å². The van der Waals surface area contributed by atoms with Crippen molar-refractivity contribution in [2.75, 3.05) is 20.2 Å². The molecule has 1 fully saturated rings. The first-order valence-corrected chi connectivity index (χ1v) is 7.73. The Morgan fingerprint density at radius 3 is 2.65 bits per heavy atom. The molecule has 4 rings (SSSR count). The van der Waals surface area contributed by atoms with Crippen molar-refractivity contribution in [3.8, 4) is 17.4 Å². The molecule has 0 aliphatic carbocycles. The molecular weight excluding hydrogens is 341 g/mol. The standard InChI is InChI=1S/C13H13Cl2N7O/c1-23-12-6(14)2-7-9(19-12)8(5-3-16-17-4-5)10(18-7)11-20-13(15)22-21-11/h2,5,16-18H,3-4H2,1H3,(H,20,21,22). The fourth-order valence-electron chi connectivity index (χ4n) is 2.83. The third kappa shape index (κ3) is 2.43. The van der Waals surface area contributed by atoms with Gasteiger partial charge in [0.25, 0.3) is 0 Å². The van der Waals surface area contributed by atoms with Gasteiger partial charge in [-0.2, -0.15) is 10.1 Å². The summed E-state index contributed by atoms with van der Waals surface area (Å²) in [6, 6.07) is 1.79. The molecule has 0 aromatic carbocycles. The van der Waals surface area contributed by atoms with Gasteiger partial charge in [0.05, 0.1) is 23.8 Å². The first-order valence-electron chi connectivity index (χ1n) is 6.97. The van der Waals surface area contributed by atoms with Gasteiger partial charge in [-0.25, -0.2) is 10.1 Å². The van der Waals surface area contributed by atoms with E-state index in [1.54, 1.807) is 13.2 Å². The molecule has 0 unspecified atom stereocenters. The molecule has 3 aromatic rings. The van der Waals surface area contributed by atoms with Gasteiger partial charge in [0.15, 0.2) is 5.82 Å². The van der Waals surface area contributed by atoms with Crippen LogP contribution in [0.25, 0.3) is 22.6 Å². The Hall–Kier alpha value is -1.87. The van der Waals surface area contributed by atoms with Crippen LogP contribution in [0.2, 0.25) is 10.3 Å². The predicted octanol–water partition coefficient (Wildman–Crippen LogP) is 1.85. The highest BCUT2D eigenvalue weighted by Crippen LogP contribution is 2.37. The maximum Gasteiger partial charge on any atom is 0.233 e. The third-order valence-corrected chi connectivity index (χ3v) is 4.27. The molecule has 0 atom stereocenters. The fraction of sp³-hybridized carbons (Fsp3) is 0.308. The summed E-state index contributed by atoms with van der Waals surface area (Å²) >= 11 is 12.1. The minimum atomic E-state index is 0.203. The number of methoxy groups -OCH3 is 1. The van der Waals surface area contributed by atoms with Crippen LogP contribution < -0.4 is 15.6 Å². The van der Waals surface area contributed by atoms with Crippen LogP contribution in [0.1, 0.15) is 11.5 Å². The Morgan fingerprint density at radius 2 is 2.00 bits per heavy atom. The van der Waals surface area contributed by atoms with Gasteiger partial charge in [0.2, 0.25) is 11.2 Å². The lowest BCUT2D eigenvalue weighted by Crippen LogP contribution is -2.21. The number of rotatable bonds is 3. The van der Waals surface area contributed by atoms with Crippen molar-refractivity contribution in [3.05, 3.63) is 21.9 Å². The predicted molar refractivity (Wildman–Crippen MR) is 86.8 cm³/mol. The molecule has 23 heavy (non-hydrogen) atoms. The van der Waals surface area contributed by atoms with Crippen molar-refractivity contribution >= 4 is 34.2 Å². The molecule has 0 spiro atoms. The van der Waals surface area contributed by atoms with Gasteiger partial charge < -0.3 is 9.72 Å². The summed E-state index contributed by atoms with van der Waals surface area (Å²) < 4.78 is 5.24. The second-order valence-corrected chi connectivity index (χ2v) is 5.96. The second-order valence-electron chi connectivity index (χ2n) is 5.20. The molecule has 0 saturated carbocycles. The Labute approximate surface area is 140 Å². The second kappa shape index (κ2) is 5.64. The van der Waals surface area contributed by atoms with Crippen LogP contribution >= 0.6 is 23.2 Å². The molecule has 1 aliphatic heterocycles. The molecular formula is C13H13Cl2N7O. The van der Waals surface area contributed by atoms with Crippen molar-refractivity contribution in [1.82, 2.24) is 36.0 Å². The first-order chi connectivity index (χ1) is 11.2. The number of ether oxygens (including phenoxy) is 1. The van der Waals surface area contributed by atoms with E-state index in [1.807, 2.05) is 0 Å². The summed E-state index contributed by atoms with van der Waals surface area (Å²) in [4.78, 5) is 12.1. The van der Waals surface area contributed by atoms with Crippen molar-refractivity contribution in [2.24, 2.45) is 0 Å². The topological polar surface area (TPSA) is 104 Å². The van der Waals surface area contributed by atoms with Crippen LogP contribution in [0.5, 0.6) is 5.88 Å². The van der Waals surface area contributed by atoms with Crippen LogP contribution in [0.4, 0.5) is 0 Å². The molecule has 8 nitrogen and oxygen atoms in total. The van der Waals surface area contributed by atoms with Crippen LogP contribution in [0, 0.1) is 0 Å². The highest BCUT2D eigenvalue weighted by Gasteiger charge is 2.28. The summed E-state index contributed by atoms with van der Waals surface area (Å²) in [7, 11) is 1.54. The zero-order chi connectivity index (χ0) is 16.0. The van der Waals surface area contributed by atoms with E-state index in [0.717, 1.165) is 35.4 Å². The third-order valence-electron chi connectivity index (χ3n) is 3.83. The smallest absolute Gasteiger partial charge is 0.233 e. The number of aromatic nitrogens is 5. The monoisotopic (exact) mass is 353 g/mol. The average Bonchev–Trinajstić information content (AvgIpc) is 3.24. The van der Waals surface area contributed by atoms with Gasteiger partial charge >= 0.3 is 0 Å². The maximum atomic E-state index is 6.18. The van der Waals surface area contributed by atoms with Gasteiger partial charge in [-0.1, -0.05) is 11.6 Å². The van der Waals surface area contributed by atoms with E-state index in [1.165, 1.54) is 0 Å². The van der Waals surface area contributed by atoms with Gasteiger partial charge in [0.1, 0.15) is 5.02 Å². The Bertz CT molecular complexity index is 869. The lowest BCUT2D eigenvalue weighted by molar-refractivity contribution is 0.400. The molecule has 10 heteroatoms. The number of halogens is 2. The van der Waals surface area contributed by atoms with Crippen molar-refractivity contribution in [1.29, 1.82) is 0 Å². The number of nitrogens with one attached hydrogen (secondary N) is 4. The van der Waals surface area contributed by atoms with E-state index in [2.05, 4.69) is 36.0 Å². The number of fused-ring (bicyclic) bond motifs is 1. The van der Waals surface area contributed by atoms with Gasteiger partial charge in [-0.3, -0.25) is 10.9 Å². The molecule has 4 N–H and O–H groups in total. The van der Waals surface area contributed by atoms with Crippen molar-refractivity contribution < 1.29 is 4.74 Å². The minimum Gasteiger partial charge on any atom is -0.480 e. The van der Waals surface area contributed by atoms with E-state index in [-0.39, 0.29) is 11.2 Å². The lowest BCUT2D eigenvalue weighted by Gasteiger charge is -2.09. The molecule has 0 radical (unpaired) electrons. The van der Waals surface area contributed by atoms with Gasteiger partial charge in [0, 0.05) is 24.6 Å². The SMILES string of the molecule is COc1nc2c(C3CNNC3)c(-c3n[nH]c(Cl)n3)[nH]c2cc1Cl. The number of pyridine rings is 1. The quantitative estimate of drug-likeness (QED) is 0.572. The summed E-state index contributed by atoms with van der Waals surface area (Å²) in [5.74, 6) is 1.08.